The van der Waals surface area contributed by atoms with Crippen LogP contribution in [0.1, 0.15) is 228 Å². The molecular formula is C117H144BrClN8Ni2O14+2. The molecule has 0 spiro atoms. The van der Waals surface area contributed by atoms with Crippen LogP contribution in [0.25, 0.3) is 32.9 Å². The van der Waals surface area contributed by atoms with Gasteiger partial charge in [-0.25, -0.2) is 24.0 Å². The van der Waals surface area contributed by atoms with E-state index in [4.69, 9.17) is 19.6 Å². The van der Waals surface area contributed by atoms with Crippen LogP contribution in [0.4, 0.5) is 16.2 Å². The largest absolute Gasteiger partial charge is 2.00 e. The number of allylic oxidation sites excluding steroid dienone is 4. The first-order chi connectivity index (χ1) is 65.6. The number of rotatable bonds is 38. The molecule has 2 aliphatic heterocycles. The van der Waals surface area contributed by atoms with Gasteiger partial charge in [-0.2, -0.15) is 0 Å². The second-order valence-electron chi connectivity index (χ2n) is 34.6. The van der Waals surface area contributed by atoms with Crippen molar-refractivity contribution in [3.05, 3.63) is 384 Å². The van der Waals surface area contributed by atoms with Gasteiger partial charge in [0.1, 0.15) is 24.8 Å². The Bertz CT molecular complexity index is 5650. The molecule has 2 fully saturated rings. The van der Waals surface area contributed by atoms with Crippen LogP contribution in [0, 0.1) is 0 Å². The first-order valence-corrected chi connectivity index (χ1v) is 47.5. The number of fused-ring (bicyclic) bond motifs is 6. The number of carboxylic acid groups (broad SMARTS) is 4. The number of para-hydroxylation sites is 2. The third-order valence-electron chi connectivity index (χ3n) is 24.1. The SMILES string of the molecule is C.C.C.C.C=CCCCBr.C=CCCC[C@](C)(N=C(c1ccccc1)c1ccccc1[N-]C(=O)[C@@H]1CCCN1Cc1ccccc1)C(=O)O.C=CCCC[C@](C)(NC(=O)OCC1c2ccccc2-c2ccccc21)C(=O)O.C=CCCC[C@](C)([NH3+])C(=O)O.CC(=O)OCC1c2ccccc2-c2ccccc21.C[C@H](N=C(c1ccccc1)c1ccccc1[N-]C(=O)[C@@H]1CCCN1Cc1ccccc1)C(=O)O.[Cl-].[Ni+2].[Ni+2]. The van der Waals surface area contributed by atoms with Crippen LogP contribution in [0.5, 0.6) is 0 Å². The molecule has 2 saturated heterocycles. The van der Waals surface area contributed by atoms with Crippen LogP contribution in [-0.2, 0) is 89.1 Å². The molecule has 8 N–H and O–H groups in total. The topological polar surface area (TPSA) is 335 Å². The van der Waals surface area contributed by atoms with Crippen LogP contribution in [-0.4, -0.2) is 156 Å². The van der Waals surface area contributed by atoms with Gasteiger partial charge >= 0.3 is 68.9 Å². The number of amides is 3. The van der Waals surface area contributed by atoms with E-state index in [1.54, 1.807) is 44.2 Å². The summed E-state index contributed by atoms with van der Waals surface area (Å²) < 4.78 is 10.7. The van der Waals surface area contributed by atoms with Gasteiger partial charge in [-0.1, -0.05) is 337 Å². The molecular weight excluding hydrogens is 1970 g/mol. The van der Waals surface area contributed by atoms with E-state index in [1.165, 1.54) is 60.6 Å². The third kappa shape index (κ3) is 37.7. The summed E-state index contributed by atoms with van der Waals surface area (Å²) >= 11 is 3.30. The number of carbonyl (C=O) groups is 8. The normalized spacial score (nSPS) is 14.8. The maximum Gasteiger partial charge on any atom is 2.00 e. The fourth-order valence-electron chi connectivity index (χ4n) is 16.5. The summed E-state index contributed by atoms with van der Waals surface area (Å²) in [5.74, 6) is -4.40. The van der Waals surface area contributed by atoms with E-state index in [-0.39, 0.29) is 123 Å². The monoisotopic (exact) mass is 2110 g/mol. The Morgan fingerprint density at radius 2 is 0.811 bits per heavy atom. The molecule has 22 nitrogen and oxygen atoms in total. The smallest absolute Gasteiger partial charge is 1.00 e. The summed E-state index contributed by atoms with van der Waals surface area (Å²) in [7, 11) is 0. The zero-order chi connectivity index (χ0) is 98.0. The molecule has 0 bridgehead atoms. The van der Waals surface area contributed by atoms with Crippen LogP contribution in [0.2, 0.25) is 0 Å². The number of aliphatic imine (C=N–C) groups is 2. The van der Waals surface area contributed by atoms with Crippen molar-refractivity contribution in [2.75, 3.05) is 31.6 Å². The van der Waals surface area contributed by atoms with Crippen molar-refractivity contribution in [2.24, 2.45) is 9.98 Å². The molecule has 0 saturated carbocycles. The number of unbranched alkanes of at least 4 members (excludes halogenated alkanes) is 4. The number of halogens is 2. The number of quaternary nitrogens is 1. The molecule has 768 valence electrons. The van der Waals surface area contributed by atoms with Crippen molar-refractivity contribution >= 4 is 86.5 Å². The van der Waals surface area contributed by atoms with Crippen LogP contribution < -0.4 is 23.5 Å². The quantitative estimate of drug-likeness (QED) is 0.00523. The first kappa shape index (κ1) is 127. The molecule has 3 amide bonds. The summed E-state index contributed by atoms with van der Waals surface area (Å²) in [5, 5.41) is 50.5. The average Bonchev–Trinajstić information content (AvgIpc) is 1.62. The van der Waals surface area contributed by atoms with Gasteiger partial charge in [-0.3, -0.25) is 24.6 Å². The molecule has 26 heteroatoms. The number of likely N-dealkylation sites (tertiary alicyclic amines) is 2. The van der Waals surface area contributed by atoms with E-state index in [9.17, 15) is 53.7 Å². The molecule has 2 aliphatic carbocycles. The van der Waals surface area contributed by atoms with Crippen molar-refractivity contribution in [3.63, 3.8) is 0 Å². The second kappa shape index (κ2) is 65.1. The number of esters is 1. The number of carboxylic acids is 4. The standard InChI is InChI=1S/C33H37N3O3.C28H29N3O3.C23H25NO4.C16H14O2.C8H15NO2.C5H9Br.4CH4.ClH.2Ni/c1-3-4-13-22-33(2,32(38)39)35-30(26-17-9-6-10-18-26)27-19-11-12-20-28(27)34-31(37)29-21-14-23-36(29)24-25-15-7-5-8-16-25;1-20(28(33)34)29-26(22-13-6-3-7-14-22)23-15-8-9-16-24(23)30-27(32)25-17-10-18-31(25)19-21-11-4-2-5-12-21;1-3-4-9-14-23(2,21(25)26)24-22(27)28-15-20-18-12-7-5-10-16(18)17-11-6-8-13-19(17)20;1-11(17)18-10-16-14-8-4-2-6-12(14)13-7-3-5-9-15(13)16;1-3-4-5-6-8(2,9)7(10)11;1-2-3-4-5-6;;;;;;;/h3,5-12,15-20,29H,1,4,13-14,21-24H2,2H3,(H2,34,35,37,38,39);2-9,11-16,20,25H,10,17-19H2,1H3,(H2,29,30,32,33,34);3,5-8,10-13,20H,1,4,9,14-15H2,2H3,(H,24,27)(H,25,26);2-9,16H,10H2,1H3;3H,1,4-6,9H2,2H3,(H,10,11);2H,1,3-5H2;4*1H4;1H;;/q;;;;;;;;;;;2*+2/p-2/t29-,33-;20-,25-;23-;;8-;;;;;;;;/m000.0......../s1. The van der Waals surface area contributed by atoms with Crippen molar-refractivity contribution in [3.8, 4) is 22.3 Å². The maximum atomic E-state index is 13.5. The molecule has 143 heavy (non-hydrogen) atoms. The Balaban J connectivity index is 0.000000613. The second-order valence-corrected chi connectivity index (χ2v) is 35.4. The van der Waals surface area contributed by atoms with E-state index >= 15 is 0 Å². The van der Waals surface area contributed by atoms with Crippen molar-refractivity contribution in [1.29, 1.82) is 0 Å². The predicted molar refractivity (Wildman–Crippen MR) is 572 cm³/mol. The number of nitrogens with zero attached hydrogens (tertiary/aromatic N) is 6. The summed E-state index contributed by atoms with van der Waals surface area (Å²) in [6, 6.07) is 85.1. The number of hydrogen-bond acceptors (Lipinski definition) is 14. The molecule has 2 heterocycles. The number of carbonyl (C=O) groups excluding carboxylic acids is 4. The van der Waals surface area contributed by atoms with E-state index in [0.29, 0.717) is 98.6 Å². The van der Waals surface area contributed by atoms with Crippen LogP contribution in [0.15, 0.2) is 328 Å². The molecule has 4 aliphatic rings. The fourth-order valence-corrected chi connectivity index (χ4v) is 16.8. The van der Waals surface area contributed by atoms with Gasteiger partial charge in [0.2, 0.25) is 0 Å². The van der Waals surface area contributed by atoms with Crippen molar-refractivity contribution < 1.29 is 119 Å². The number of hydrogen-bond donors (Lipinski definition) is 6. The maximum absolute atomic E-state index is 13.5. The Hall–Kier alpha value is -12.3. The summed E-state index contributed by atoms with van der Waals surface area (Å²) in [4.78, 5) is 110. The van der Waals surface area contributed by atoms with Crippen molar-refractivity contribution in [1.82, 2.24) is 15.1 Å². The molecule has 0 unspecified atom stereocenters. The zero-order valence-electron chi connectivity index (χ0n) is 79.6. The Labute approximate surface area is 882 Å². The summed E-state index contributed by atoms with van der Waals surface area (Å²) in [6.07, 6.45) is 17.9. The molecule has 0 aromatic heterocycles. The van der Waals surface area contributed by atoms with Gasteiger partial charge in [0.15, 0.2) is 11.1 Å². The Morgan fingerprint density at radius 3 is 1.17 bits per heavy atom. The molecule has 6 atom stereocenters. The van der Waals surface area contributed by atoms with Crippen molar-refractivity contribution in [2.45, 2.75) is 220 Å². The van der Waals surface area contributed by atoms with E-state index in [2.05, 4.69) is 139 Å². The minimum Gasteiger partial charge on any atom is -1.00 e. The summed E-state index contributed by atoms with van der Waals surface area (Å²) in [6.45, 7) is 26.0. The molecule has 14 rings (SSSR count). The summed E-state index contributed by atoms with van der Waals surface area (Å²) in [5.41, 5.74) is 16.8. The van der Waals surface area contributed by atoms with Gasteiger partial charge in [-0.15, -0.1) is 37.7 Å². The number of alkyl carbamates (subject to hydrolysis) is 1. The number of aliphatic carboxylic acids is 4. The third-order valence-corrected chi connectivity index (χ3v) is 24.7. The first-order valence-electron chi connectivity index (χ1n) is 46.4. The van der Waals surface area contributed by atoms with Crippen LogP contribution >= 0.6 is 15.9 Å². The minimum absolute atomic E-state index is 0. The Morgan fingerprint density at radius 1 is 0.469 bits per heavy atom. The van der Waals surface area contributed by atoms with Crippen LogP contribution in [0.3, 0.4) is 0 Å². The molecule has 0 radical (unpaired) electrons. The van der Waals surface area contributed by atoms with Gasteiger partial charge in [0.05, 0.1) is 35.3 Å². The average molecular weight is 2120 g/mol. The van der Waals surface area contributed by atoms with E-state index in [0.717, 1.165) is 96.7 Å². The van der Waals surface area contributed by atoms with Gasteiger partial charge in [0.25, 0.3) is 0 Å². The van der Waals surface area contributed by atoms with E-state index in [1.807, 2.05) is 200 Å². The van der Waals surface area contributed by atoms with Gasteiger partial charge < -0.3 is 73.6 Å². The number of alkyl halides is 1. The molecule has 10 aromatic carbocycles. The molecule has 10 aromatic rings. The Kier molecular flexibility index (Phi) is 57.7. The fraction of sp³-hybridized carbons (Fsp3) is 0.333. The number of benzene rings is 10. The zero-order valence-corrected chi connectivity index (χ0v) is 84.0. The number of nitrogens with one attached hydrogen (secondary N) is 1. The van der Waals surface area contributed by atoms with E-state index < -0.39 is 52.6 Å². The van der Waals surface area contributed by atoms with Gasteiger partial charge in [-0.05, 0) is 191 Å². The van der Waals surface area contributed by atoms with Gasteiger partial charge in [0, 0.05) is 61.7 Å². The number of ether oxygens (including phenoxy) is 2. The predicted octanol–water partition coefficient (Wildman–Crippen LogP) is 22.5. The minimum atomic E-state index is -1.37.